The summed E-state index contributed by atoms with van der Waals surface area (Å²) in [6.45, 7) is 4.97. The summed E-state index contributed by atoms with van der Waals surface area (Å²) in [6.07, 6.45) is 0. The average Bonchev–Trinajstić information content (AvgIpc) is 2.29. The van der Waals surface area contributed by atoms with Gasteiger partial charge in [0.2, 0.25) is 0 Å². The van der Waals surface area contributed by atoms with E-state index in [1.165, 1.54) is 0 Å². The Balaban J connectivity index is 2.35. The molecule has 0 aliphatic heterocycles. The molecule has 3 nitrogen and oxygen atoms in total. The van der Waals surface area contributed by atoms with Crippen LogP contribution in [-0.2, 0) is 11.3 Å². The van der Waals surface area contributed by atoms with E-state index in [4.69, 9.17) is 10.5 Å². The Labute approximate surface area is 97.2 Å². The minimum Gasteiger partial charge on any atom is -0.387 e. The van der Waals surface area contributed by atoms with E-state index in [0.29, 0.717) is 19.8 Å². The van der Waals surface area contributed by atoms with Crippen LogP contribution in [0.3, 0.4) is 0 Å². The quantitative estimate of drug-likeness (QED) is 0.769. The number of benzene rings is 1. The first-order valence-corrected chi connectivity index (χ1v) is 5.60. The molecule has 0 aromatic heterocycles. The van der Waals surface area contributed by atoms with Crippen LogP contribution in [0.15, 0.2) is 30.3 Å². The summed E-state index contributed by atoms with van der Waals surface area (Å²) in [6, 6.07) is 9.91. The molecule has 0 fully saturated rings. The molecule has 3 N–H and O–H groups in total. The zero-order valence-corrected chi connectivity index (χ0v) is 10.0. The zero-order valence-electron chi connectivity index (χ0n) is 10.0. The summed E-state index contributed by atoms with van der Waals surface area (Å²) in [7, 11) is 0. The molecule has 0 amide bonds. The number of aliphatic hydroxyl groups is 1. The third kappa shape index (κ3) is 3.93. The van der Waals surface area contributed by atoms with Crippen LogP contribution < -0.4 is 5.73 Å². The summed E-state index contributed by atoms with van der Waals surface area (Å²) in [4.78, 5) is 0. The summed E-state index contributed by atoms with van der Waals surface area (Å²) in [5.41, 5.74) is 5.78. The second kappa shape index (κ2) is 5.99. The Morgan fingerprint density at radius 2 is 2.00 bits per heavy atom. The van der Waals surface area contributed by atoms with Gasteiger partial charge < -0.3 is 15.6 Å². The van der Waals surface area contributed by atoms with E-state index in [9.17, 15) is 5.11 Å². The van der Waals surface area contributed by atoms with Gasteiger partial charge in [0, 0.05) is 0 Å². The van der Waals surface area contributed by atoms with Crippen LogP contribution >= 0.6 is 0 Å². The molecule has 0 heterocycles. The fourth-order valence-corrected chi connectivity index (χ4v) is 1.35. The summed E-state index contributed by atoms with van der Waals surface area (Å²) in [5, 5.41) is 10.1. The Morgan fingerprint density at radius 1 is 1.38 bits per heavy atom. The molecule has 3 heteroatoms. The van der Waals surface area contributed by atoms with E-state index in [1.54, 1.807) is 6.92 Å². The SMILES string of the molecule is CC(CN)C(C)(O)COCc1ccccc1. The summed E-state index contributed by atoms with van der Waals surface area (Å²) < 4.78 is 5.50. The van der Waals surface area contributed by atoms with Crippen molar-refractivity contribution < 1.29 is 9.84 Å². The highest BCUT2D eigenvalue weighted by Gasteiger charge is 2.27. The highest BCUT2D eigenvalue weighted by Crippen LogP contribution is 2.16. The van der Waals surface area contributed by atoms with Crippen LogP contribution in [0, 0.1) is 5.92 Å². The van der Waals surface area contributed by atoms with Gasteiger partial charge >= 0.3 is 0 Å². The van der Waals surface area contributed by atoms with E-state index in [-0.39, 0.29) is 5.92 Å². The normalized spacial score (nSPS) is 16.8. The summed E-state index contributed by atoms with van der Waals surface area (Å²) in [5.74, 6) is 0.0308. The molecule has 1 aromatic carbocycles. The van der Waals surface area contributed by atoms with Gasteiger partial charge in [-0.1, -0.05) is 37.3 Å². The van der Waals surface area contributed by atoms with Crippen LogP contribution in [0.25, 0.3) is 0 Å². The van der Waals surface area contributed by atoms with Crippen molar-refractivity contribution in [2.24, 2.45) is 11.7 Å². The summed E-state index contributed by atoms with van der Waals surface area (Å²) >= 11 is 0. The van der Waals surface area contributed by atoms with Gasteiger partial charge in [0.15, 0.2) is 0 Å². The van der Waals surface area contributed by atoms with Crippen LogP contribution in [0.2, 0.25) is 0 Å². The molecule has 0 aliphatic rings. The predicted molar refractivity (Wildman–Crippen MR) is 64.9 cm³/mol. The fourth-order valence-electron chi connectivity index (χ4n) is 1.35. The maximum Gasteiger partial charge on any atom is 0.0889 e. The zero-order chi connectivity index (χ0) is 12.0. The predicted octanol–water partition coefficient (Wildman–Crippen LogP) is 1.55. The van der Waals surface area contributed by atoms with Gasteiger partial charge in [-0.2, -0.15) is 0 Å². The third-order valence-corrected chi connectivity index (χ3v) is 2.92. The van der Waals surface area contributed by atoms with Crippen molar-refractivity contribution in [3.05, 3.63) is 35.9 Å². The molecular formula is C13H21NO2. The molecular weight excluding hydrogens is 202 g/mol. The van der Waals surface area contributed by atoms with Crippen molar-refractivity contribution >= 4 is 0 Å². The van der Waals surface area contributed by atoms with Crippen molar-refractivity contribution in [3.8, 4) is 0 Å². The maximum absolute atomic E-state index is 10.1. The molecule has 0 saturated carbocycles. The molecule has 1 rings (SSSR count). The topological polar surface area (TPSA) is 55.5 Å². The second-order valence-corrected chi connectivity index (χ2v) is 4.47. The minimum absolute atomic E-state index is 0.0308. The Kier molecular flexibility index (Phi) is 4.93. The maximum atomic E-state index is 10.1. The van der Waals surface area contributed by atoms with E-state index in [0.717, 1.165) is 5.56 Å². The Morgan fingerprint density at radius 3 is 2.56 bits per heavy atom. The third-order valence-electron chi connectivity index (χ3n) is 2.92. The van der Waals surface area contributed by atoms with Gasteiger partial charge in [0.1, 0.15) is 0 Å². The molecule has 16 heavy (non-hydrogen) atoms. The molecule has 2 atom stereocenters. The number of hydrogen-bond donors (Lipinski definition) is 2. The van der Waals surface area contributed by atoms with Crippen LogP contribution in [0.5, 0.6) is 0 Å². The second-order valence-electron chi connectivity index (χ2n) is 4.47. The molecule has 0 spiro atoms. The molecule has 1 aromatic rings. The van der Waals surface area contributed by atoms with Crippen molar-refractivity contribution in [1.82, 2.24) is 0 Å². The number of hydrogen-bond acceptors (Lipinski definition) is 3. The highest BCUT2D eigenvalue weighted by atomic mass is 16.5. The number of nitrogens with two attached hydrogens (primary N) is 1. The Bertz CT molecular complexity index is 298. The van der Waals surface area contributed by atoms with Gasteiger partial charge in [-0.3, -0.25) is 0 Å². The van der Waals surface area contributed by atoms with Crippen molar-refractivity contribution in [1.29, 1.82) is 0 Å². The molecule has 90 valence electrons. The lowest BCUT2D eigenvalue weighted by Gasteiger charge is -2.29. The van der Waals surface area contributed by atoms with E-state index in [1.807, 2.05) is 37.3 Å². The van der Waals surface area contributed by atoms with Crippen molar-refractivity contribution in [3.63, 3.8) is 0 Å². The van der Waals surface area contributed by atoms with Gasteiger partial charge in [0.25, 0.3) is 0 Å². The molecule has 2 unspecified atom stereocenters. The first-order chi connectivity index (χ1) is 7.56. The highest BCUT2D eigenvalue weighted by molar-refractivity contribution is 5.13. The van der Waals surface area contributed by atoms with Gasteiger partial charge in [0.05, 0.1) is 18.8 Å². The standard InChI is InChI=1S/C13H21NO2/c1-11(8-14)13(2,15)10-16-9-12-6-4-3-5-7-12/h3-7,11,15H,8-10,14H2,1-2H3. The molecule has 0 saturated heterocycles. The Hall–Kier alpha value is -0.900. The van der Waals surface area contributed by atoms with Crippen LogP contribution in [0.1, 0.15) is 19.4 Å². The lowest BCUT2D eigenvalue weighted by Crippen LogP contribution is -2.41. The van der Waals surface area contributed by atoms with Crippen LogP contribution in [-0.4, -0.2) is 23.9 Å². The van der Waals surface area contributed by atoms with E-state index >= 15 is 0 Å². The average molecular weight is 223 g/mol. The minimum atomic E-state index is -0.858. The monoisotopic (exact) mass is 223 g/mol. The lowest BCUT2D eigenvalue weighted by atomic mass is 9.92. The molecule has 0 bridgehead atoms. The van der Waals surface area contributed by atoms with Crippen molar-refractivity contribution in [2.45, 2.75) is 26.1 Å². The van der Waals surface area contributed by atoms with Crippen molar-refractivity contribution in [2.75, 3.05) is 13.2 Å². The van der Waals surface area contributed by atoms with Gasteiger partial charge in [-0.15, -0.1) is 0 Å². The van der Waals surface area contributed by atoms with Crippen LogP contribution in [0.4, 0.5) is 0 Å². The van der Waals surface area contributed by atoms with Gasteiger partial charge in [-0.25, -0.2) is 0 Å². The first-order valence-electron chi connectivity index (χ1n) is 5.60. The largest absolute Gasteiger partial charge is 0.387 e. The fraction of sp³-hybridized carbons (Fsp3) is 0.538. The van der Waals surface area contributed by atoms with E-state index < -0.39 is 5.60 Å². The molecule has 0 aliphatic carbocycles. The number of rotatable bonds is 6. The molecule has 0 radical (unpaired) electrons. The van der Waals surface area contributed by atoms with E-state index in [2.05, 4.69) is 0 Å². The number of ether oxygens (including phenoxy) is 1. The smallest absolute Gasteiger partial charge is 0.0889 e. The first kappa shape index (κ1) is 13.2. The lowest BCUT2D eigenvalue weighted by molar-refractivity contribution is -0.0698. The van der Waals surface area contributed by atoms with Gasteiger partial charge in [-0.05, 0) is 24.9 Å².